The lowest BCUT2D eigenvalue weighted by Gasteiger charge is -2.07. The van der Waals surface area contributed by atoms with Gasteiger partial charge in [-0.05, 0) is 30.7 Å². The summed E-state index contributed by atoms with van der Waals surface area (Å²) < 4.78 is 5.64. The monoisotopic (exact) mass is 209 g/mol. The minimum absolute atomic E-state index is 0.251. The molecule has 0 saturated heterocycles. The average molecular weight is 210 g/mol. The van der Waals surface area contributed by atoms with Gasteiger partial charge in [-0.25, -0.2) is 4.99 Å². The fourth-order valence-electron chi connectivity index (χ4n) is 1.38. The van der Waals surface area contributed by atoms with E-state index in [0.717, 1.165) is 29.4 Å². The van der Waals surface area contributed by atoms with E-state index in [4.69, 9.17) is 16.3 Å². The summed E-state index contributed by atoms with van der Waals surface area (Å²) in [7, 11) is 0. The fraction of sp³-hybridized carbons (Fsp3) is 0.364. The summed E-state index contributed by atoms with van der Waals surface area (Å²) in [6, 6.07) is 7.56. The maximum absolute atomic E-state index is 5.79. The Morgan fingerprint density at radius 3 is 2.71 bits per heavy atom. The van der Waals surface area contributed by atoms with Crippen LogP contribution < -0.4 is 0 Å². The van der Waals surface area contributed by atoms with Crippen LogP contribution in [0.25, 0.3) is 0 Å². The molecule has 0 spiro atoms. The van der Waals surface area contributed by atoms with Crippen LogP contribution in [0.2, 0.25) is 5.02 Å². The number of hydrogen-bond donors (Lipinski definition) is 0. The molecular weight excluding hydrogens is 198 g/mol. The normalized spacial score (nSPS) is 20.4. The Hall–Kier alpha value is -1.02. The van der Waals surface area contributed by atoms with Gasteiger partial charge in [0.25, 0.3) is 0 Å². The SMILES string of the molecule is CC[C@@H]1CN=C(c2ccc(Cl)cc2)O1. The highest BCUT2D eigenvalue weighted by Crippen LogP contribution is 2.16. The quantitative estimate of drug-likeness (QED) is 0.734. The summed E-state index contributed by atoms with van der Waals surface area (Å²) in [5.74, 6) is 0.744. The first kappa shape index (κ1) is 9.53. The van der Waals surface area contributed by atoms with Crippen LogP contribution in [0.3, 0.4) is 0 Å². The molecule has 0 aliphatic carbocycles. The van der Waals surface area contributed by atoms with Crippen molar-refractivity contribution in [1.82, 2.24) is 0 Å². The largest absolute Gasteiger partial charge is 0.472 e. The summed E-state index contributed by atoms with van der Waals surface area (Å²) in [6.45, 7) is 2.87. The topological polar surface area (TPSA) is 21.6 Å². The lowest BCUT2D eigenvalue weighted by atomic mass is 10.2. The molecule has 0 fully saturated rings. The Bertz CT molecular complexity index is 345. The van der Waals surface area contributed by atoms with Crippen LogP contribution in [0.15, 0.2) is 29.3 Å². The van der Waals surface area contributed by atoms with Crippen molar-refractivity contribution in [3.8, 4) is 0 Å². The molecule has 0 saturated carbocycles. The van der Waals surface area contributed by atoms with Crippen LogP contribution >= 0.6 is 11.6 Å². The molecule has 1 atom stereocenters. The third kappa shape index (κ3) is 1.90. The molecule has 14 heavy (non-hydrogen) atoms. The lowest BCUT2D eigenvalue weighted by Crippen LogP contribution is -2.11. The van der Waals surface area contributed by atoms with Gasteiger partial charge in [0.1, 0.15) is 6.10 Å². The van der Waals surface area contributed by atoms with E-state index in [1.165, 1.54) is 0 Å². The van der Waals surface area contributed by atoms with Crippen molar-refractivity contribution in [3.05, 3.63) is 34.9 Å². The second-order valence-electron chi connectivity index (χ2n) is 3.30. The Morgan fingerprint density at radius 1 is 1.43 bits per heavy atom. The minimum atomic E-state index is 0.251. The fourth-order valence-corrected chi connectivity index (χ4v) is 1.51. The van der Waals surface area contributed by atoms with E-state index in [-0.39, 0.29) is 6.10 Å². The molecule has 2 nitrogen and oxygen atoms in total. The summed E-state index contributed by atoms with van der Waals surface area (Å²) in [6.07, 6.45) is 1.25. The maximum Gasteiger partial charge on any atom is 0.216 e. The zero-order chi connectivity index (χ0) is 9.97. The van der Waals surface area contributed by atoms with E-state index in [1.54, 1.807) is 0 Å². The van der Waals surface area contributed by atoms with Crippen molar-refractivity contribution in [2.45, 2.75) is 19.4 Å². The molecule has 1 aromatic rings. The molecule has 74 valence electrons. The molecule has 1 aliphatic heterocycles. The van der Waals surface area contributed by atoms with Crippen LogP contribution in [0, 0.1) is 0 Å². The lowest BCUT2D eigenvalue weighted by molar-refractivity contribution is 0.220. The van der Waals surface area contributed by atoms with Crippen molar-refractivity contribution >= 4 is 17.5 Å². The van der Waals surface area contributed by atoms with Gasteiger partial charge in [-0.2, -0.15) is 0 Å². The highest BCUT2D eigenvalue weighted by molar-refractivity contribution is 6.30. The van der Waals surface area contributed by atoms with Gasteiger partial charge in [-0.1, -0.05) is 18.5 Å². The molecule has 1 aromatic carbocycles. The second kappa shape index (κ2) is 4.01. The first-order valence-corrected chi connectivity index (χ1v) is 5.14. The number of ether oxygens (including phenoxy) is 1. The van der Waals surface area contributed by atoms with E-state index < -0.39 is 0 Å². The Balaban J connectivity index is 2.13. The molecule has 0 amide bonds. The number of aliphatic imine (C=N–C) groups is 1. The molecule has 0 N–H and O–H groups in total. The number of nitrogens with zero attached hydrogens (tertiary/aromatic N) is 1. The van der Waals surface area contributed by atoms with Crippen molar-refractivity contribution < 1.29 is 4.74 Å². The first-order valence-electron chi connectivity index (χ1n) is 4.76. The summed E-state index contributed by atoms with van der Waals surface area (Å²) >= 11 is 5.79. The van der Waals surface area contributed by atoms with E-state index in [0.29, 0.717) is 0 Å². The molecular formula is C11H12ClNO. The van der Waals surface area contributed by atoms with Gasteiger partial charge in [0.2, 0.25) is 5.90 Å². The van der Waals surface area contributed by atoms with Gasteiger partial charge < -0.3 is 4.74 Å². The predicted molar refractivity (Wildman–Crippen MR) is 58.0 cm³/mol. The number of hydrogen-bond acceptors (Lipinski definition) is 2. The Labute approximate surface area is 88.6 Å². The maximum atomic E-state index is 5.79. The molecule has 3 heteroatoms. The standard InChI is InChI=1S/C11H12ClNO/c1-2-10-7-13-11(14-10)8-3-5-9(12)6-4-8/h3-6,10H,2,7H2,1H3/t10-/m1/s1. The predicted octanol–water partition coefficient (Wildman–Crippen LogP) is 2.90. The molecule has 1 heterocycles. The van der Waals surface area contributed by atoms with E-state index in [1.807, 2.05) is 24.3 Å². The van der Waals surface area contributed by atoms with Gasteiger partial charge in [0.05, 0.1) is 6.54 Å². The van der Waals surface area contributed by atoms with E-state index >= 15 is 0 Å². The molecule has 0 unspecified atom stereocenters. The van der Waals surface area contributed by atoms with Crippen LogP contribution in [-0.2, 0) is 4.74 Å². The smallest absolute Gasteiger partial charge is 0.216 e. The Kier molecular flexibility index (Phi) is 2.73. The van der Waals surface area contributed by atoms with Crippen molar-refractivity contribution in [1.29, 1.82) is 0 Å². The zero-order valence-corrected chi connectivity index (χ0v) is 8.79. The second-order valence-corrected chi connectivity index (χ2v) is 3.74. The Morgan fingerprint density at radius 2 is 2.14 bits per heavy atom. The van der Waals surface area contributed by atoms with Crippen molar-refractivity contribution in [2.24, 2.45) is 4.99 Å². The van der Waals surface area contributed by atoms with Crippen LogP contribution in [0.1, 0.15) is 18.9 Å². The number of halogens is 1. The third-order valence-corrected chi connectivity index (χ3v) is 2.52. The van der Waals surface area contributed by atoms with E-state index in [9.17, 15) is 0 Å². The number of benzene rings is 1. The summed E-state index contributed by atoms with van der Waals surface area (Å²) in [5, 5.41) is 0.736. The average Bonchev–Trinajstić information content (AvgIpc) is 2.67. The molecule has 0 radical (unpaired) electrons. The molecule has 0 aromatic heterocycles. The molecule has 2 rings (SSSR count). The molecule has 0 bridgehead atoms. The van der Waals surface area contributed by atoms with E-state index in [2.05, 4.69) is 11.9 Å². The van der Waals surface area contributed by atoms with Crippen molar-refractivity contribution in [3.63, 3.8) is 0 Å². The zero-order valence-electron chi connectivity index (χ0n) is 8.03. The van der Waals surface area contributed by atoms with Crippen molar-refractivity contribution in [2.75, 3.05) is 6.54 Å². The van der Waals surface area contributed by atoms with Gasteiger partial charge in [0, 0.05) is 10.6 Å². The van der Waals surface area contributed by atoms with Gasteiger partial charge in [-0.15, -0.1) is 0 Å². The first-order chi connectivity index (χ1) is 6.79. The highest BCUT2D eigenvalue weighted by Gasteiger charge is 2.18. The minimum Gasteiger partial charge on any atom is -0.472 e. The van der Waals surface area contributed by atoms with Crippen LogP contribution in [0.4, 0.5) is 0 Å². The van der Waals surface area contributed by atoms with Gasteiger partial charge >= 0.3 is 0 Å². The number of rotatable bonds is 2. The van der Waals surface area contributed by atoms with Crippen LogP contribution in [0.5, 0.6) is 0 Å². The van der Waals surface area contributed by atoms with Crippen LogP contribution in [-0.4, -0.2) is 18.5 Å². The summed E-state index contributed by atoms with van der Waals surface area (Å²) in [5.41, 5.74) is 1.00. The third-order valence-electron chi connectivity index (χ3n) is 2.26. The van der Waals surface area contributed by atoms with Gasteiger partial charge in [0.15, 0.2) is 0 Å². The summed E-state index contributed by atoms with van der Waals surface area (Å²) in [4.78, 5) is 4.34. The van der Waals surface area contributed by atoms with Gasteiger partial charge in [-0.3, -0.25) is 0 Å². The molecule has 1 aliphatic rings. The highest BCUT2D eigenvalue weighted by atomic mass is 35.5.